The summed E-state index contributed by atoms with van der Waals surface area (Å²) in [5.41, 5.74) is 9.38. The van der Waals surface area contributed by atoms with E-state index in [4.69, 9.17) is 10.3 Å². The van der Waals surface area contributed by atoms with Crippen LogP contribution in [-0.2, 0) is 13.0 Å². The largest absolute Gasteiger partial charge is 0.368 e. The molecule has 0 saturated heterocycles. The maximum Gasteiger partial charge on any atom is 0.260 e. The second-order valence-electron chi connectivity index (χ2n) is 6.01. The van der Waals surface area contributed by atoms with Gasteiger partial charge in [0.25, 0.3) is 5.91 Å². The summed E-state index contributed by atoms with van der Waals surface area (Å²) in [4.78, 5) is 23.2. The Kier molecular flexibility index (Phi) is 3.68. The summed E-state index contributed by atoms with van der Waals surface area (Å²) in [5, 5.41) is 4.00. The van der Waals surface area contributed by atoms with Crippen LogP contribution < -0.4 is 5.73 Å². The molecule has 0 spiro atoms. The molecule has 1 aromatic carbocycles. The molecule has 0 radical (unpaired) electrons. The first-order valence-electron chi connectivity index (χ1n) is 8.04. The number of fused-ring (bicyclic) bond motifs is 1. The van der Waals surface area contributed by atoms with E-state index in [-0.39, 0.29) is 11.9 Å². The van der Waals surface area contributed by atoms with Crippen molar-refractivity contribution < 1.29 is 9.32 Å². The number of nitrogen functional groups attached to an aromatic ring is 1. The number of benzene rings is 1. The van der Waals surface area contributed by atoms with Crippen molar-refractivity contribution in [3.63, 3.8) is 0 Å². The van der Waals surface area contributed by atoms with Crippen LogP contribution in [0.25, 0.3) is 11.3 Å². The SMILES string of the molecule is Cc1noc(-c2ccccc2)c1C(=O)N1CCc2nc(N)ncc2C1. The molecule has 1 aliphatic heterocycles. The Balaban J connectivity index is 1.66. The summed E-state index contributed by atoms with van der Waals surface area (Å²) in [5.74, 6) is 0.669. The zero-order valence-electron chi connectivity index (χ0n) is 13.8. The van der Waals surface area contributed by atoms with E-state index in [9.17, 15) is 4.79 Å². The van der Waals surface area contributed by atoms with Crippen LogP contribution in [0.4, 0.5) is 5.95 Å². The highest BCUT2D eigenvalue weighted by Gasteiger charge is 2.29. The number of nitrogens with zero attached hydrogens (tertiary/aromatic N) is 4. The third kappa shape index (κ3) is 2.73. The first kappa shape index (κ1) is 15.3. The lowest BCUT2D eigenvalue weighted by Gasteiger charge is -2.28. The first-order chi connectivity index (χ1) is 12.1. The van der Waals surface area contributed by atoms with Gasteiger partial charge in [-0.2, -0.15) is 0 Å². The summed E-state index contributed by atoms with van der Waals surface area (Å²) in [6.07, 6.45) is 2.34. The van der Waals surface area contributed by atoms with Gasteiger partial charge in [0.1, 0.15) is 5.56 Å². The van der Waals surface area contributed by atoms with Gasteiger partial charge in [-0.3, -0.25) is 4.79 Å². The van der Waals surface area contributed by atoms with E-state index in [2.05, 4.69) is 15.1 Å². The average Bonchev–Trinajstić information content (AvgIpc) is 3.03. The minimum atomic E-state index is -0.0971. The molecule has 4 rings (SSSR count). The predicted octanol–water partition coefficient (Wildman–Crippen LogP) is 2.22. The third-order valence-electron chi connectivity index (χ3n) is 4.35. The average molecular weight is 335 g/mol. The van der Waals surface area contributed by atoms with Gasteiger partial charge in [0.15, 0.2) is 5.76 Å². The Morgan fingerprint density at radius 1 is 1.28 bits per heavy atom. The summed E-state index contributed by atoms with van der Waals surface area (Å²) in [6, 6.07) is 9.53. The molecule has 0 bridgehead atoms. The van der Waals surface area contributed by atoms with Crippen LogP contribution in [0.3, 0.4) is 0 Å². The van der Waals surface area contributed by atoms with Gasteiger partial charge in [0.2, 0.25) is 5.95 Å². The van der Waals surface area contributed by atoms with Crippen LogP contribution in [-0.4, -0.2) is 32.5 Å². The fourth-order valence-electron chi connectivity index (χ4n) is 3.07. The summed E-state index contributed by atoms with van der Waals surface area (Å²) < 4.78 is 5.44. The van der Waals surface area contributed by atoms with Crippen molar-refractivity contribution in [2.75, 3.05) is 12.3 Å². The number of hydrogen-bond donors (Lipinski definition) is 1. The minimum Gasteiger partial charge on any atom is -0.368 e. The number of anilines is 1. The zero-order chi connectivity index (χ0) is 17.4. The molecule has 7 heteroatoms. The lowest BCUT2D eigenvalue weighted by atomic mass is 10.0. The van der Waals surface area contributed by atoms with E-state index in [1.807, 2.05) is 30.3 Å². The van der Waals surface area contributed by atoms with Gasteiger partial charge in [-0.1, -0.05) is 35.5 Å². The smallest absolute Gasteiger partial charge is 0.260 e. The highest BCUT2D eigenvalue weighted by molar-refractivity contribution is 6.00. The quantitative estimate of drug-likeness (QED) is 0.771. The number of carbonyl (C=O) groups excluding carboxylic acids is 1. The standard InChI is InChI=1S/C18H17N5O2/c1-11-15(16(25-22-11)12-5-3-2-4-6-12)17(24)23-8-7-14-13(10-23)9-20-18(19)21-14/h2-6,9H,7-8,10H2,1H3,(H2,19,20,21). The zero-order valence-corrected chi connectivity index (χ0v) is 13.8. The van der Waals surface area contributed by atoms with Gasteiger partial charge in [-0.05, 0) is 6.92 Å². The summed E-state index contributed by atoms with van der Waals surface area (Å²) >= 11 is 0. The molecule has 7 nitrogen and oxygen atoms in total. The van der Waals surface area contributed by atoms with E-state index in [0.29, 0.717) is 36.5 Å². The Bertz CT molecular complexity index is 936. The number of aryl methyl sites for hydroxylation is 1. The number of amides is 1. The first-order valence-corrected chi connectivity index (χ1v) is 8.04. The third-order valence-corrected chi connectivity index (χ3v) is 4.35. The van der Waals surface area contributed by atoms with Crippen molar-refractivity contribution in [2.24, 2.45) is 0 Å². The van der Waals surface area contributed by atoms with Crippen molar-refractivity contribution in [1.82, 2.24) is 20.0 Å². The fourth-order valence-corrected chi connectivity index (χ4v) is 3.07. The van der Waals surface area contributed by atoms with Crippen LogP contribution in [0.2, 0.25) is 0 Å². The van der Waals surface area contributed by atoms with Gasteiger partial charge in [0, 0.05) is 36.8 Å². The Morgan fingerprint density at radius 2 is 2.08 bits per heavy atom. The maximum absolute atomic E-state index is 13.1. The second-order valence-corrected chi connectivity index (χ2v) is 6.01. The molecule has 1 aliphatic rings. The van der Waals surface area contributed by atoms with Gasteiger partial charge in [-0.25, -0.2) is 9.97 Å². The van der Waals surface area contributed by atoms with Gasteiger partial charge in [-0.15, -0.1) is 0 Å². The molecule has 2 N–H and O–H groups in total. The molecular formula is C18H17N5O2. The number of hydrogen-bond acceptors (Lipinski definition) is 6. The number of rotatable bonds is 2. The molecule has 126 valence electrons. The fraction of sp³-hybridized carbons (Fsp3) is 0.222. The van der Waals surface area contributed by atoms with Crippen LogP contribution in [0.15, 0.2) is 41.1 Å². The summed E-state index contributed by atoms with van der Waals surface area (Å²) in [7, 11) is 0. The van der Waals surface area contributed by atoms with Gasteiger partial charge < -0.3 is 15.2 Å². The molecule has 0 saturated carbocycles. The number of aromatic nitrogens is 3. The van der Waals surface area contributed by atoms with E-state index in [1.165, 1.54) is 0 Å². The highest BCUT2D eigenvalue weighted by Crippen LogP contribution is 2.28. The lowest BCUT2D eigenvalue weighted by molar-refractivity contribution is 0.0733. The van der Waals surface area contributed by atoms with Gasteiger partial charge in [0.05, 0.1) is 11.4 Å². The molecule has 0 aliphatic carbocycles. The Labute approximate surface area is 144 Å². The van der Waals surface area contributed by atoms with Crippen molar-refractivity contribution in [3.05, 3.63) is 59.0 Å². The Hall–Kier alpha value is -3.22. The van der Waals surface area contributed by atoms with Crippen LogP contribution in [0.1, 0.15) is 27.3 Å². The topological polar surface area (TPSA) is 98.1 Å². The van der Waals surface area contributed by atoms with Crippen molar-refractivity contribution >= 4 is 11.9 Å². The van der Waals surface area contributed by atoms with E-state index in [1.54, 1.807) is 18.0 Å². The van der Waals surface area contributed by atoms with E-state index >= 15 is 0 Å². The maximum atomic E-state index is 13.1. The number of nitrogens with two attached hydrogens (primary N) is 1. The van der Waals surface area contributed by atoms with Crippen molar-refractivity contribution in [2.45, 2.75) is 19.9 Å². The lowest BCUT2D eigenvalue weighted by Crippen LogP contribution is -2.37. The van der Waals surface area contributed by atoms with Crippen LogP contribution in [0.5, 0.6) is 0 Å². The Morgan fingerprint density at radius 3 is 2.88 bits per heavy atom. The monoisotopic (exact) mass is 335 g/mol. The minimum absolute atomic E-state index is 0.0971. The van der Waals surface area contributed by atoms with Gasteiger partial charge >= 0.3 is 0 Å². The second kappa shape index (κ2) is 6.01. The molecule has 1 amide bonds. The van der Waals surface area contributed by atoms with Crippen molar-refractivity contribution in [3.8, 4) is 11.3 Å². The molecule has 0 unspecified atom stereocenters. The molecule has 0 atom stereocenters. The predicted molar refractivity (Wildman–Crippen MR) is 91.6 cm³/mol. The molecular weight excluding hydrogens is 318 g/mol. The summed E-state index contributed by atoms with van der Waals surface area (Å²) in [6.45, 7) is 2.80. The van der Waals surface area contributed by atoms with Crippen LogP contribution >= 0.6 is 0 Å². The highest BCUT2D eigenvalue weighted by atomic mass is 16.5. The molecule has 3 heterocycles. The van der Waals surface area contributed by atoms with Crippen LogP contribution in [0, 0.1) is 6.92 Å². The number of carbonyl (C=O) groups is 1. The van der Waals surface area contributed by atoms with Crippen molar-refractivity contribution in [1.29, 1.82) is 0 Å². The normalized spacial score (nSPS) is 13.6. The molecule has 2 aromatic heterocycles. The van der Waals surface area contributed by atoms with E-state index < -0.39 is 0 Å². The molecule has 25 heavy (non-hydrogen) atoms. The molecule has 0 fully saturated rings. The molecule has 3 aromatic rings. The van der Waals surface area contributed by atoms with E-state index in [0.717, 1.165) is 16.8 Å².